The van der Waals surface area contributed by atoms with Crippen LogP contribution in [0.5, 0.6) is 17.2 Å². The fourth-order valence-corrected chi connectivity index (χ4v) is 3.88. The lowest BCUT2D eigenvalue weighted by Gasteiger charge is -2.23. The number of pyridine rings is 1. The van der Waals surface area contributed by atoms with Crippen LogP contribution in [0.25, 0.3) is 11.3 Å². The molecule has 37 heavy (non-hydrogen) atoms. The monoisotopic (exact) mass is 529 g/mol. The number of alkyl halides is 1. The molecule has 1 atom stereocenters. The Bertz CT molecular complexity index is 1340. The van der Waals surface area contributed by atoms with E-state index in [-0.39, 0.29) is 35.9 Å². The molecule has 3 rings (SSSR count). The predicted octanol–water partition coefficient (Wildman–Crippen LogP) is 5.78. The fraction of sp³-hybridized carbons (Fsp3) is 0.286. The average Bonchev–Trinajstić information content (AvgIpc) is 2.91. The molecule has 194 valence electrons. The molecule has 0 radical (unpaired) electrons. The zero-order valence-electron chi connectivity index (χ0n) is 20.6. The van der Waals surface area contributed by atoms with Crippen molar-refractivity contribution in [1.29, 1.82) is 0 Å². The Balaban J connectivity index is 1.90. The van der Waals surface area contributed by atoms with Gasteiger partial charge in [-0.25, -0.2) is 13.8 Å². The zero-order valence-corrected chi connectivity index (χ0v) is 21.4. The van der Waals surface area contributed by atoms with Gasteiger partial charge in [0.2, 0.25) is 0 Å². The van der Waals surface area contributed by atoms with Crippen molar-refractivity contribution in [1.82, 2.24) is 4.98 Å². The number of hydrogen-bond donors (Lipinski definition) is 1. The van der Waals surface area contributed by atoms with Crippen molar-refractivity contribution in [2.75, 3.05) is 27.5 Å². The number of carbonyl (C=O) groups excluding carboxylic acids is 1. The number of carbonyl (C=O) groups is 1. The maximum Gasteiger partial charge on any atom is 0.168 e. The molecule has 9 heteroatoms. The van der Waals surface area contributed by atoms with Gasteiger partial charge in [0, 0.05) is 24.0 Å². The van der Waals surface area contributed by atoms with Crippen LogP contribution in [0.15, 0.2) is 48.5 Å². The second-order valence-electron chi connectivity index (χ2n) is 7.94. The molecular weight excluding hydrogens is 504 g/mol. The highest BCUT2D eigenvalue weighted by atomic mass is 35.5. The molecule has 3 aromatic rings. The van der Waals surface area contributed by atoms with E-state index in [1.165, 1.54) is 44.6 Å². The van der Waals surface area contributed by atoms with Crippen molar-refractivity contribution in [3.8, 4) is 40.3 Å². The van der Waals surface area contributed by atoms with Crippen molar-refractivity contribution < 1.29 is 32.9 Å². The summed E-state index contributed by atoms with van der Waals surface area (Å²) in [5.74, 6) is 5.61. The van der Waals surface area contributed by atoms with Crippen LogP contribution in [0.1, 0.15) is 35.8 Å². The SMILES string of the molecule is CC#CC(O)(CCC(=O)c1ccc(OCCF)c(OC)c1)c1ccc(OC)c(-c2ccc(F)c(Cl)c2)n1. The van der Waals surface area contributed by atoms with Crippen molar-refractivity contribution >= 4 is 17.4 Å². The van der Waals surface area contributed by atoms with E-state index in [2.05, 4.69) is 16.8 Å². The summed E-state index contributed by atoms with van der Waals surface area (Å²) in [4.78, 5) is 17.5. The summed E-state index contributed by atoms with van der Waals surface area (Å²) in [6.45, 7) is 0.779. The number of methoxy groups -OCH3 is 2. The molecule has 0 aliphatic carbocycles. The predicted molar refractivity (Wildman–Crippen MR) is 137 cm³/mol. The molecule has 0 amide bonds. The summed E-state index contributed by atoms with van der Waals surface area (Å²) in [5, 5.41) is 11.4. The van der Waals surface area contributed by atoms with Gasteiger partial charge in [-0.1, -0.05) is 17.5 Å². The molecule has 0 saturated carbocycles. The molecule has 1 heterocycles. The normalized spacial score (nSPS) is 12.2. The van der Waals surface area contributed by atoms with Crippen LogP contribution in [-0.4, -0.2) is 43.4 Å². The summed E-state index contributed by atoms with van der Waals surface area (Å²) in [5.41, 5.74) is -0.420. The van der Waals surface area contributed by atoms with Gasteiger partial charge in [-0.15, -0.1) is 5.92 Å². The number of ketones is 1. The lowest BCUT2D eigenvalue weighted by Crippen LogP contribution is -2.26. The van der Waals surface area contributed by atoms with Crippen molar-refractivity contribution in [2.45, 2.75) is 25.4 Å². The number of hydrogen-bond acceptors (Lipinski definition) is 6. The third-order valence-electron chi connectivity index (χ3n) is 5.56. The molecule has 1 unspecified atom stereocenters. The third-order valence-corrected chi connectivity index (χ3v) is 5.85. The molecule has 6 nitrogen and oxygen atoms in total. The van der Waals surface area contributed by atoms with E-state index in [1.807, 2.05) is 0 Å². The van der Waals surface area contributed by atoms with Gasteiger partial charge in [-0.2, -0.15) is 0 Å². The molecule has 0 fully saturated rings. The van der Waals surface area contributed by atoms with Crippen molar-refractivity contribution in [2.24, 2.45) is 0 Å². The lowest BCUT2D eigenvalue weighted by atomic mass is 9.90. The number of aliphatic hydroxyl groups is 1. The number of halogens is 3. The Morgan fingerprint density at radius 1 is 1.08 bits per heavy atom. The molecule has 0 aliphatic heterocycles. The summed E-state index contributed by atoms with van der Waals surface area (Å²) in [6.07, 6.45) is -0.123. The number of benzene rings is 2. The van der Waals surface area contributed by atoms with Crippen LogP contribution in [0, 0.1) is 17.7 Å². The Hall–Kier alpha value is -3.67. The highest BCUT2D eigenvalue weighted by Gasteiger charge is 2.31. The quantitative estimate of drug-likeness (QED) is 0.250. The van der Waals surface area contributed by atoms with Gasteiger partial charge in [0.1, 0.15) is 30.5 Å². The van der Waals surface area contributed by atoms with Gasteiger partial charge in [0.25, 0.3) is 0 Å². The zero-order chi connectivity index (χ0) is 27.0. The van der Waals surface area contributed by atoms with Gasteiger partial charge in [0.15, 0.2) is 22.9 Å². The fourth-order valence-electron chi connectivity index (χ4n) is 3.70. The van der Waals surface area contributed by atoms with Crippen LogP contribution in [0.3, 0.4) is 0 Å². The van der Waals surface area contributed by atoms with Crippen LogP contribution < -0.4 is 14.2 Å². The number of nitrogens with zero attached hydrogens (tertiary/aromatic N) is 1. The first-order valence-corrected chi connectivity index (χ1v) is 11.7. The second kappa shape index (κ2) is 12.5. The number of aromatic nitrogens is 1. The molecule has 2 aromatic carbocycles. The van der Waals surface area contributed by atoms with Crippen LogP contribution in [0.2, 0.25) is 5.02 Å². The van der Waals surface area contributed by atoms with Crippen molar-refractivity contribution in [3.05, 3.63) is 70.6 Å². The molecule has 1 aromatic heterocycles. The summed E-state index contributed by atoms with van der Waals surface area (Å²) < 4.78 is 42.1. The molecule has 0 saturated heterocycles. The topological polar surface area (TPSA) is 77.9 Å². The molecule has 0 spiro atoms. The van der Waals surface area contributed by atoms with E-state index in [0.717, 1.165) is 0 Å². The first-order chi connectivity index (χ1) is 17.8. The summed E-state index contributed by atoms with van der Waals surface area (Å²) in [7, 11) is 2.88. The molecular formula is C28H26ClF2NO5. The van der Waals surface area contributed by atoms with Gasteiger partial charge in [-0.3, -0.25) is 4.79 Å². The Kier molecular flexibility index (Phi) is 9.45. The minimum Gasteiger partial charge on any atom is -0.494 e. The molecule has 0 aliphatic rings. The number of Topliss-reactive ketones (excluding diaryl/α,β-unsaturated/α-hetero) is 1. The number of rotatable bonds is 11. The summed E-state index contributed by atoms with van der Waals surface area (Å²) >= 11 is 5.95. The van der Waals surface area contributed by atoms with Gasteiger partial charge < -0.3 is 19.3 Å². The minimum atomic E-state index is -1.76. The first kappa shape index (κ1) is 27.9. The first-order valence-electron chi connectivity index (χ1n) is 11.3. The van der Waals surface area contributed by atoms with E-state index in [9.17, 15) is 18.7 Å². The molecule has 1 N–H and O–H groups in total. The highest BCUT2D eigenvalue weighted by molar-refractivity contribution is 6.31. The number of ether oxygens (including phenoxy) is 3. The van der Waals surface area contributed by atoms with Gasteiger partial charge in [0.05, 0.1) is 24.9 Å². The second-order valence-corrected chi connectivity index (χ2v) is 8.34. The van der Waals surface area contributed by atoms with Crippen LogP contribution in [-0.2, 0) is 5.60 Å². The van der Waals surface area contributed by atoms with E-state index < -0.39 is 18.1 Å². The van der Waals surface area contributed by atoms with E-state index >= 15 is 0 Å². The van der Waals surface area contributed by atoms with Crippen molar-refractivity contribution in [3.63, 3.8) is 0 Å². The van der Waals surface area contributed by atoms with Crippen LogP contribution >= 0.6 is 11.6 Å². The smallest absolute Gasteiger partial charge is 0.168 e. The standard InChI is InChI=1S/C28H26ClF2NO5/c1-4-12-28(34,13-11-22(33)18-6-8-23(37-15-14-30)25(17-18)36-3)26-10-9-24(35-2)27(32-26)19-5-7-21(31)20(29)16-19/h5-10,16-17,34H,11,13-15H2,1-3H3. The summed E-state index contributed by atoms with van der Waals surface area (Å²) in [6, 6.07) is 11.9. The average molecular weight is 530 g/mol. The maximum atomic E-state index is 13.7. The van der Waals surface area contributed by atoms with E-state index in [1.54, 1.807) is 25.1 Å². The van der Waals surface area contributed by atoms with E-state index in [0.29, 0.717) is 34.1 Å². The molecule has 0 bridgehead atoms. The van der Waals surface area contributed by atoms with Gasteiger partial charge >= 0.3 is 0 Å². The highest BCUT2D eigenvalue weighted by Crippen LogP contribution is 2.35. The lowest BCUT2D eigenvalue weighted by molar-refractivity contribution is 0.0735. The van der Waals surface area contributed by atoms with Crippen LogP contribution in [0.4, 0.5) is 8.78 Å². The Labute approximate surface area is 219 Å². The van der Waals surface area contributed by atoms with E-state index in [4.69, 9.17) is 25.8 Å². The largest absolute Gasteiger partial charge is 0.494 e. The Morgan fingerprint density at radius 3 is 2.46 bits per heavy atom. The minimum absolute atomic E-state index is 0.0575. The van der Waals surface area contributed by atoms with Gasteiger partial charge in [-0.05, 0) is 55.5 Å². The third kappa shape index (κ3) is 6.56. The Morgan fingerprint density at radius 2 is 1.81 bits per heavy atom. The maximum absolute atomic E-state index is 13.7.